The Morgan fingerprint density at radius 2 is 2.05 bits per heavy atom. The third kappa shape index (κ3) is 4.27. The number of hydrogen-bond donors (Lipinski definition) is 1. The molecule has 2 rings (SSSR count). The molecule has 0 aliphatic rings. The van der Waals surface area contributed by atoms with Gasteiger partial charge in [0.05, 0.1) is 0 Å². The van der Waals surface area contributed by atoms with Crippen molar-refractivity contribution < 1.29 is 4.39 Å². The number of benzene rings is 2. The van der Waals surface area contributed by atoms with E-state index in [1.807, 2.05) is 18.2 Å². The Bertz CT molecular complexity index is 588. The molecule has 106 valence electrons. The van der Waals surface area contributed by atoms with E-state index in [-0.39, 0.29) is 11.9 Å². The Hall–Kier alpha value is -0.460. The summed E-state index contributed by atoms with van der Waals surface area (Å²) in [5, 5.41) is 3.43. The fraction of sp³-hybridized carbons (Fsp3) is 0.250. The summed E-state index contributed by atoms with van der Waals surface area (Å²) in [6.45, 7) is 2.92. The summed E-state index contributed by atoms with van der Waals surface area (Å²) in [4.78, 5) is 0. The first kappa shape index (κ1) is 15.9. The van der Waals surface area contributed by atoms with Crippen molar-refractivity contribution in [3.8, 4) is 0 Å². The number of likely N-dealkylation sites (N-methyl/N-ethyl adjacent to an activating group) is 1. The Morgan fingerprint density at radius 1 is 1.25 bits per heavy atom. The van der Waals surface area contributed by atoms with Gasteiger partial charge in [-0.25, -0.2) is 4.39 Å². The summed E-state index contributed by atoms with van der Waals surface area (Å²) in [7, 11) is 0. The van der Waals surface area contributed by atoms with Crippen LogP contribution in [0.1, 0.15) is 24.1 Å². The number of rotatable bonds is 5. The van der Waals surface area contributed by atoms with Crippen molar-refractivity contribution in [1.29, 1.82) is 0 Å². The summed E-state index contributed by atoms with van der Waals surface area (Å²) in [5.41, 5.74) is 1.93. The van der Waals surface area contributed by atoms with Gasteiger partial charge in [0.15, 0.2) is 0 Å². The van der Waals surface area contributed by atoms with Crippen LogP contribution in [0.15, 0.2) is 46.9 Å². The summed E-state index contributed by atoms with van der Waals surface area (Å²) in [5.74, 6) is -0.159. The first-order chi connectivity index (χ1) is 9.60. The smallest absolute Gasteiger partial charge is 0.127 e. The van der Waals surface area contributed by atoms with Crippen molar-refractivity contribution in [3.63, 3.8) is 0 Å². The second-order valence-corrected chi connectivity index (χ2v) is 6.77. The van der Waals surface area contributed by atoms with Crippen LogP contribution >= 0.6 is 38.5 Å². The molecule has 0 saturated carbocycles. The average Bonchev–Trinajstić information content (AvgIpc) is 2.41. The molecule has 2 aromatic carbocycles. The third-order valence-electron chi connectivity index (χ3n) is 3.14. The molecule has 0 fully saturated rings. The maximum atomic E-state index is 14.0. The molecule has 20 heavy (non-hydrogen) atoms. The number of nitrogens with one attached hydrogen (secondary N) is 1. The Labute approximate surface area is 141 Å². The van der Waals surface area contributed by atoms with Crippen molar-refractivity contribution in [1.82, 2.24) is 5.32 Å². The lowest BCUT2D eigenvalue weighted by atomic mass is 9.98. The van der Waals surface area contributed by atoms with Crippen LogP contribution in [0.4, 0.5) is 4.39 Å². The van der Waals surface area contributed by atoms with Crippen LogP contribution in [0.5, 0.6) is 0 Å². The highest BCUT2D eigenvalue weighted by Gasteiger charge is 2.14. The number of hydrogen-bond acceptors (Lipinski definition) is 1. The third-order valence-corrected chi connectivity index (χ3v) is 4.30. The maximum Gasteiger partial charge on any atom is 0.127 e. The fourth-order valence-corrected chi connectivity index (χ4v) is 3.09. The summed E-state index contributed by atoms with van der Waals surface area (Å²) in [6.07, 6.45) is 0.646. The van der Waals surface area contributed by atoms with E-state index >= 15 is 0 Å². The van der Waals surface area contributed by atoms with Gasteiger partial charge >= 0.3 is 0 Å². The predicted molar refractivity (Wildman–Crippen MR) is 93.4 cm³/mol. The number of halogens is 3. The van der Waals surface area contributed by atoms with Crippen LogP contribution in [0.25, 0.3) is 0 Å². The van der Waals surface area contributed by atoms with Crippen LogP contribution in [0, 0.1) is 9.39 Å². The standard InChI is InChI=1S/C16H16BrFIN/c1-2-20-16(12-4-3-5-14(19)8-12)9-11-6-7-13(17)10-15(11)18/h3-8,10,16,20H,2,9H2,1H3. The zero-order valence-corrected chi connectivity index (χ0v) is 14.9. The van der Waals surface area contributed by atoms with Gasteiger partial charge in [0.1, 0.15) is 5.82 Å². The van der Waals surface area contributed by atoms with Crippen molar-refractivity contribution in [2.45, 2.75) is 19.4 Å². The van der Waals surface area contributed by atoms with Crippen LogP contribution in [-0.2, 0) is 6.42 Å². The van der Waals surface area contributed by atoms with Gasteiger partial charge in [-0.3, -0.25) is 0 Å². The van der Waals surface area contributed by atoms with E-state index in [0.717, 1.165) is 16.6 Å². The summed E-state index contributed by atoms with van der Waals surface area (Å²) in [6, 6.07) is 13.7. The molecule has 0 aliphatic heterocycles. The van der Waals surface area contributed by atoms with Gasteiger partial charge in [0, 0.05) is 14.1 Å². The second kappa shape index (κ2) is 7.52. The molecule has 1 nitrogen and oxygen atoms in total. The van der Waals surface area contributed by atoms with E-state index in [9.17, 15) is 4.39 Å². The van der Waals surface area contributed by atoms with E-state index in [1.165, 1.54) is 15.2 Å². The molecule has 4 heteroatoms. The summed E-state index contributed by atoms with van der Waals surface area (Å²) < 4.78 is 16.0. The minimum absolute atomic E-state index is 0.130. The maximum absolute atomic E-state index is 14.0. The van der Waals surface area contributed by atoms with Gasteiger partial charge in [-0.05, 0) is 70.9 Å². The minimum Gasteiger partial charge on any atom is -0.310 e. The Kier molecular flexibility index (Phi) is 5.99. The fourth-order valence-electron chi connectivity index (χ4n) is 2.18. The van der Waals surface area contributed by atoms with E-state index < -0.39 is 0 Å². The first-order valence-corrected chi connectivity index (χ1v) is 8.40. The molecule has 0 aliphatic carbocycles. The molecule has 0 saturated heterocycles. The van der Waals surface area contributed by atoms with Crippen molar-refractivity contribution >= 4 is 38.5 Å². The Morgan fingerprint density at radius 3 is 2.70 bits per heavy atom. The van der Waals surface area contributed by atoms with Gasteiger partial charge in [0.2, 0.25) is 0 Å². The molecule has 0 amide bonds. The second-order valence-electron chi connectivity index (χ2n) is 4.61. The van der Waals surface area contributed by atoms with Crippen molar-refractivity contribution in [2.24, 2.45) is 0 Å². The van der Waals surface area contributed by atoms with Crippen LogP contribution in [0.3, 0.4) is 0 Å². The molecule has 0 aromatic heterocycles. The molecular formula is C16H16BrFIN. The minimum atomic E-state index is -0.159. The van der Waals surface area contributed by atoms with Crippen LogP contribution in [-0.4, -0.2) is 6.54 Å². The van der Waals surface area contributed by atoms with Crippen LogP contribution in [0.2, 0.25) is 0 Å². The molecule has 1 atom stereocenters. The SMILES string of the molecule is CCNC(Cc1ccc(Br)cc1F)c1cccc(I)c1. The van der Waals surface area contributed by atoms with E-state index in [4.69, 9.17) is 0 Å². The van der Waals surface area contributed by atoms with Gasteiger partial charge in [-0.15, -0.1) is 0 Å². The monoisotopic (exact) mass is 447 g/mol. The van der Waals surface area contributed by atoms with E-state index in [2.05, 4.69) is 69.0 Å². The van der Waals surface area contributed by atoms with Gasteiger partial charge in [-0.2, -0.15) is 0 Å². The quantitative estimate of drug-likeness (QED) is 0.629. The van der Waals surface area contributed by atoms with Crippen LogP contribution < -0.4 is 5.32 Å². The molecule has 2 aromatic rings. The molecule has 0 radical (unpaired) electrons. The highest BCUT2D eigenvalue weighted by molar-refractivity contribution is 14.1. The lowest BCUT2D eigenvalue weighted by Crippen LogP contribution is -2.23. The first-order valence-electron chi connectivity index (χ1n) is 6.53. The molecule has 1 N–H and O–H groups in total. The van der Waals surface area contributed by atoms with E-state index in [1.54, 1.807) is 0 Å². The normalized spacial score (nSPS) is 12.4. The van der Waals surface area contributed by atoms with Gasteiger partial charge in [-0.1, -0.05) is 41.1 Å². The molecule has 0 heterocycles. The van der Waals surface area contributed by atoms with Gasteiger partial charge in [0.25, 0.3) is 0 Å². The van der Waals surface area contributed by atoms with Crippen molar-refractivity contribution in [3.05, 3.63) is 67.5 Å². The largest absolute Gasteiger partial charge is 0.310 e. The lowest BCUT2D eigenvalue weighted by Gasteiger charge is -2.19. The highest BCUT2D eigenvalue weighted by atomic mass is 127. The zero-order valence-electron chi connectivity index (χ0n) is 11.2. The molecule has 0 spiro atoms. The van der Waals surface area contributed by atoms with E-state index in [0.29, 0.717) is 6.42 Å². The molecule has 0 bridgehead atoms. The summed E-state index contributed by atoms with van der Waals surface area (Å²) >= 11 is 5.59. The lowest BCUT2D eigenvalue weighted by molar-refractivity contribution is 0.527. The molecule has 1 unspecified atom stereocenters. The molecular weight excluding hydrogens is 432 g/mol. The van der Waals surface area contributed by atoms with Crippen molar-refractivity contribution in [2.75, 3.05) is 6.54 Å². The zero-order chi connectivity index (χ0) is 14.5. The average molecular weight is 448 g/mol. The predicted octanol–water partition coefficient (Wildman–Crippen LogP) is 5.09. The highest BCUT2D eigenvalue weighted by Crippen LogP contribution is 2.23. The van der Waals surface area contributed by atoms with Gasteiger partial charge < -0.3 is 5.32 Å². The Balaban J connectivity index is 2.25. The topological polar surface area (TPSA) is 12.0 Å².